The molecule has 0 bridgehead atoms. The van der Waals surface area contributed by atoms with E-state index in [0.717, 1.165) is 83.4 Å². The minimum atomic E-state index is 0.599. The highest BCUT2D eigenvalue weighted by atomic mass is 16.5. The fourth-order valence-electron chi connectivity index (χ4n) is 6.74. The lowest BCUT2D eigenvalue weighted by molar-refractivity contribution is 0.423. The molecule has 0 amide bonds. The molecule has 0 aliphatic carbocycles. The highest BCUT2D eigenvalue weighted by molar-refractivity contribution is 6.02. The Balaban J connectivity index is 1.15. The molecular weight excluding hydrogens is 580 g/mol. The van der Waals surface area contributed by atoms with Crippen LogP contribution < -0.4 is 0 Å². The van der Waals surface area contributed by atoms with E-state index in [-0.39, 0.29) is 0 Å². The molecule has 7 nitrogen and oxygen atoms in total. The molecule has 4 aromatic heterocycles. The molecule has 0 aliphatic heterocycles. The predicted molar refractivity (Wildman–Crippen MR) is 187 cm³/mol. The van der Waals surface area contributed by atoms with Crippen molar-refractivity contribution in [2.75, 3.05) is 0 Å². The third-order valence-electron chi connectivity index (χ3n) is 8.89. The standard InChI is InChI=1S/C40H24N6O/c1-2-13-29(14-3-1)45-34-18-6-5-17-33(34)43-39(45)28-12-8-11-26(22-28)30-16-9-10-25-20-21-27(23-32(25)30)36-37-38(42-24-41-36)44-40-31-15-4-7-19-35(31)47-46(37)40/h1-24H. The number of aromatic nitrogens is 6. The van der Waals surface area contributed by atoms with Crippen LogP contribution in [0.1, 0.15) is 0 Å². The molecule has 0 unspecified atom stereocenters. The van der Waals surface area contributed by atoms with E-state index < -0.39 is 0 Å². The molecule has 220 valence electrons. The molecule has 0 fully saturated rings. The fourth-order valence-corrected chi connectivity index (χ4v) is 6.74. The molecule has 6 aromatic carbocycles. The molecule has 7 heteroatoms. The van der Waals surface area contributed by atoms with Crippen LogP contribution >= 0.6 is 0 Å². The summed E-state index contributed by atoms with van der Waals surface area (Å²) in [6.45, 7) is 0. The Bertz CT molecular complexity index is 2810. The SMILES string of the molecule is c1ccc(-n2c(-c3cccc(-c4cccc5ccc(-c6ncnc7nc8c9ccccc9on8c67)cc45)c3)nc3ccccc32)cc1. The Morgan fingerprint density at radius 1 is 0.574 bits per heavy atom. The average Bonchev–Trinajstić information content (AvgIpc) is 3.82. The second-order valence-corrected chi connectivity index (χ2v) is 11.6. The van der Waals surface area contributed by atoms with Crippen molar-refractivity contribution in [2.45, 2.75) is 0 Å². The third kappa shape index (κ3) is 3.93. The van der Waals surface area contributed by atoms with Crippen LogP contribution in [-0.4, -0.2) is 29.1 Å². The van der Waals surface area contributed by atoms with Gasteiger partial charge in [-0.1, -0.05) is 91.0 Å². The van der Waals surface area contributed by atoms with Crippen LogP contribution in [0.5, 0.6) is 0 Å². The molecule has 0 radical (unpaired) electrons. The van der Waals surface area contributed by atoms with Crippen molar-refractivity contribution >= 4 is 49.6 Å². The van der Waals surface area contributed by atoms with Crippen molar-refractivity contribution in [2.24, 2.45) is 0 Å². The first kappa shape index (κ1) is 25.7. The van der Waals surface area contributed by atoms with Crippen molar-refractivity contribution in [3.63, 3.8) is 0 Å². The van der Waals surface area contributed by atoms with Gasteiger partial charge >= 0.3 is 0 Å². The summed E-state index contributed by atoms with van der Waals surface area (Å²) in [5.74, 6) is 0.902. The van der Waals surface area contributed by atoms with E-state index in [2.05, 4.69) is 113 Å². The van der Waals surface area contributed by atoms with E-state index in [9.17, 15) is 0 Å². The van der Waals surface area contributed by atoms with Crippen LogP contribution in [-0.2, 0) is 0 Å². The quantitative estimate of drug-likeness (QED) is 0.200. The fraction of sp³-hybridized carbons (Fsp3) is 0. The normalized spacial score (nSPS) is 11.8. The number of imidazole rings is 2. The van der Waals surface area contributed by atoms with Gasteiger partial charge in [0.2, 0.25) is 0 Å². The van der Waals surface area contributed by atoms with Crippen molar-refractivity contribution < 1.29 is 4.52 Å². The molecule has 10 aromatic rings. The Labute approximate surface area is 268 Å². The van der Waals surface area contributed by atoms with Crippen LogP contribution in [0.3, 0.4) is 0 Å². The number of nitrogens with zero attached hydrogens (tertiary/aromatic N) is 6. The van der Waals surface area contributed by atoms with Gasteiger partial charge in [-0.25, -0.2) is 19.9 Å². The Morgan fingerprint density at radius 2 is 1.40 bits per heavy atom. The van der Waals surface area contributed by atoms with Gasteiger partial charge in [0.05, 0.1) is 16.4 Å². The molecule has 0 N–H and O–H groups in total. The average molecular weight is 605 g/mol. The minimum absolute atomic E-state index is 0.599. The summed E-state index contributed by atoms with van der Waals surface area (Å²) in [7, 11) is 0. The molecule has 0 saturated carbocycles. The Morgan fingerprint density at radius 3 is 2.36 bits per heavy atom. The van der Waals surface area contributed by atoms with Crippen molar-refractivity contribution in [1.82, 2.24) is 29.1 Å². The monoisotopic (exact) mass is 604 g/mol. The summed E-state index contributed by atoms with van der Waals surface area (Å²) in [5, 5.41) is 3.20. The molecule has 0 spiro atoms. The molecule has 0 saturated heterocycles. The number of hydrogen-bond acceptors (Lipinski definition) is 5. The van der Waals surface area contributed by atoms with Crippen molar-refractivity contribution in [3.05, 3.63) is 146 Å². The van der Waals surface area contributed by atoms with Crippen LogP contribution in [0.2, 0.25) is 0 Å². The molecule has 4 heterocycles. The van der Waals surface area contributed by atoms with Gasteiger partial charge in [0.15, 0.2) is 22.4 Å². The number of fused-ring (bicyclic) bond motifs is 7. The summed E-state index contributed by atoms with van der Waals surface area (Å²) < 4.78 is 10.2. The van der Waals surface area contributed by atoms with E-state index in [4.69, 9.17) is 19.5 Å². The highest BCUT2D eigenvalue weighted by Crippen LogP contribution is 2.37. The van der Waals surface area contributed by atoms with E-state index in [1.807, 2.05) is 36.4 Å². The lowest BCUT2D eigenvalue weighted by atomic mass is 9.95. The van der Waals surface area contributed by atoms with Crippen LogP contribution in [0.15, 0.2) is 150 Å². The van der Waals surface area contributed by atoms with E-state index in [1.54, 1.807) is 10.9 Å². The molecular formula is C40H24N6O. The zero-order valence-corrected chi connectivity index (χ0v) is 24.9. The topological polar surface area (TPSA) is 74.0 Å². The summed E-state index contributed by atoms with van der Waals surface area (Å²) in [4.78, 5) is 19.1. The largest absolute Gasteiger partial charge is 0.372 e. The molecule has 10 rings (SSSR count). The highest BCUT2D eigenvalue weighted by Gasteiger charge is 2.20. The van der Waals surface area contributed by atoms with Gasteiger partial charge in [-0.2, -0.15) is 4.57 Å². The first-order valence-corrected chi connectivity index (χ1v) is 15.5. The maximum absolute atomic E-state index is 6.23. The zero-order chi connectivity index (χ0) is 30.9. The summed E-state index contributed by atoms with van der Waals surface area (Å²) in [6.07, 6.45) is 1.57. The second-order valence-electron chi connectivity index (χ2n) is 11.6. The Kier molecular flexibility index (Phi) is 5.44. The summed E-state index contributed by atoms with van der Waals surface area (Å²) in [5.41, 5.74) is 11.0. The molecule has 0 atom stereocenters. The summed E-state index contributed by atoms with van der Waals surface area (Å²) >= 11 is 0. The number of benzene rings is 6. The number of hydrogen-bond donors (Lipinski definition) is 0. The van der Waals surface area contributed by atoms with E-state index >= 15 is 0 Å². The number of rotatable bonds is 4. The van der Waals surface area contributed by atoms with Gasteiger partial charge in [0.25, 0.3) is 0 Å². The maximum atomic E-state index is 6.23. The minimum Gasteiger partial charge on any atom is -0.372 e. The van der Waals surface area contributed by atoms with Crippen LogP contribution in [0, 0.1) is 0 Å². The van der Waals surface area contributed by atoms with Crippen molar-refractivity contribution in [1.29, 1.82) is 0 Å². The van der Waals surface area contributed by atoms with Gasteiger partial charge in [-0.3, -0.25) is 4.57 Å². The van der Waals surface area contributed by atoms with Crippen LogP contribution in [0.4, 0.5) is 0 Å². The zero-order valence-electron chi connectivity index (χ0n) is 24.9. The van der Waals surface area contributed by atoms with Gasteiger partial charge in [-0.05, 0) is 70.4 Å². The van der Waals surface area contributed by atoms with Gasteiger partial charge in [-0.15, -0.1) is 0 Å². The van der Waals surface area contributed by atoms with Crippen LogP contribution in [0.25, 0.3) is 89.0 Å². The predicted octanol–water partition coefficient (Wildman–Crippen LogP) is 9.52. The molecule has 0 aliphatic rings. The van der Waals surface area contributed by atoms with Crippen molar-refractivity contribution in [3.8, 4) is 39.5 Å². The van der Waals surface area contributed by atoms with Gasteiger partial charge in [0, 0.05) is 16.8 Å². The molecule has 47 heavy (non-hydrogen) atoms. The lowest BCUT2D eigenvalue weighted by Gasteiger charge is -2.12. The van der Waals surface area contributed by atoms with E-state index in [1.165, 1.54) is 0 Å². The smallest absolute Gasteiger partial charge is 0.185 e. The number of para-hydroxylation sites is 4. The maximum Gasteiger partial charge on any atom is 0.185 e. The first-order chi connectivity index (χ1) is 23.3. The third-order valence-corrected chi connectivity index (χ3v) is 8.89. The summed E-state index contributed by atoms with van der Waals surface area (Å²) in [6, 6.07) is 48.2. The Hall–Kier alpha value is -6.60. The van der Waals surface area contributed by atoms with Gasteiger partial charge < -0.3 is 4.52 Å². The van der Waals surface area contributed by atoms with E-state index in [0.29, 0.717) is 5.65 Å². The lowest BCUT2D eigenvalue weighted by Crippen LogP contribution is -1.97. The second kappa shape index (κ2) is 9.95. The van der Waals surface area contributed by atoms with Gasteiger partial charge in [0.1, 0.15) is 17.8 Å². The first-order valence-electron chi connectivity index (χ1n) is 15.5.